The fourth-order valence-corrected chi connectivity index (χ4v) is 14.2. The van der Waals surface area contributed by atoms with Gasteiger partial charge in [0.15, 0.2) is 0 Å². The van der Waals surface area contributed by atoms with Gasteiger partial charge in [-0.15, -0.1) is 11.3 Å². The van der Waals surface area contributed by atoms with E-state index < -0.39 is 0 Å². The Bertz CT molecular complexity index is 4260. The van der Waals surface area contributed by atoms with Gasteiger partial charge in [0.1, 0.15) is 0 Å². The maximum absolute atomic E-state index is 2.64. The first-order valence-corrected chi connectivity index (χ1v) is 29.8. The van der Waals surface area contributed by atoms with Crippen molar-refractivity contribution < 1.29 is 0 Å². The van der Waals surface area contributed by atoms with Gasteiger partial charge in [-0.05, 0) is 175 Å². The number of nitrogens with zero attached hydrogens (tertiary/aromatic N) is 2. The van der Waals surface area contributed by atoms with Gasteiger partial charge in [0.05, 0.1) is 11.4 Å². The van der Waals surface area contributed by atoms with Crippen molar-refractivity contribution in [3.05, 3.63) is 210 Å². The Kier molecular flexibility index (Phi) is 11.7. The highest BCUT2D eigenvalue weighted by Gasteiger charge is 2.46. The molecule has 0 bridgehead atoms. The highest BCUT2D eigenvalue weighted by atomic mass is 32.1. The largest absolute Gasteiger partial charge is 0.311 e. The zero-order valence-corrected chi connectivity index (χ0v) is 50.5. The second kappa shape index (κ2) is 18.1. The molecule has 398 valence electrons. The van der Waals surface area contributed by atoms with E-state index in [2.05, 4.69) is 296 Å². The summed E-state index contributed by atoms with van der Waals surface area (Å²) in [5, 5.41) is 9.02. The van der Waals surface area contributed by atoms with Crippen molar-refractivity contribution in [2.75, 3.05) is 9.80 Å². The molecular weight excluding hydrogens is 984 g/mol. The quantitative estimate of drug-likeness (QED) is 0.128. The summed E-state index contributed by atoms with van der Waals surface area (Å²) in [5.41, 5.74) is 21.5. The molecule has 2 aliphatic rings. The molecule has 10 aromatic carbocycles. The van der Waals surface area contributed by atoms with Crippen molar-refractivity contribution in [3.63, 3.8) is 0 Å². The van der Waals surface area contributed by atoms with Crippen LogP contribution < -0.4 is 25.5 Å². The van der Waals surface area contributed by atoms with E-state index in [-0.39, 0.29) is 33.8 Å². The molecule has 80 heavy (non-hydrogen) atoms. The lowest BCUT2D eigenvalue weighted by Gasteiger charge is -2.43. The topological polar surface area (TPSA) is 6.48 Å². The van der Waals surface area contributed by atoms with Gasteiger partial charge in [-0.2, -0.15) is 0 Å². The smallest absolute Gasteiger partial charge is 0.264 e. The van der Waals surface area contributed by atoms with Crippen LogP contribution >= 0.6 is 11.3 Å². The van der Waals surface area contributed by atoms with E-state index >= 15 is 0 Å². The molecule has 2 nitrogen and oxygen atoms in total. The van der Waals surface area contributed by atoms with Crippen LogP contribution in [0.4, 0.5) is 34.1 Å². The molecule has 0 fully saturated rings. The highest BCUT2D eigenvalue weighted by Crippen LogP contribution is 2.51. The van der Waals surface area contributed by atoms with Gasteiger partial charge >= 0.3 is 0 Å². The predicted octanol–water partition coefficient (Wildman–Crippen LogP) is 20.3. The van der Waals surface area contributed by atoms with E-state index in [9.17, 15) is 0 Å². The van der Waals surface area contributed by atoms with Crippen LogP contribution in [0.5, 0.6) is 0 Å². The number of thiophene rings is 1. The Morgan fingerprint density at radius 3 is 1.41 bits per heavy atom. The molecule has 13 rings (SSSR count). The molecule has 0 N–H and O–H groups in total. The molecule has 2 aliphatic heterocycles. The molecule has 0 atom stereocenters. The summed E-state index contributed by atoms with van der Waals surface area (Å²) in [4.78, 5) is 5.27. The third-order valence-corrected chi connectivity index (χ3v) is 18.8. The molecular formula is C76H75BN2S. The van der Waals surface area contributed by atoms with Crippen molar-refractivity contribution in [3.8, 4) is 22.3 Å². The Balaban J connectivity index is 1.13. The number of anilines is 6. The van der Waals surface area contributed by atoms with E-state index in [1.54, 1.807) is 0 Å². The number of benzene rings is 10. The summed E-state index contributed by atoms with van der Waals surface area (Å²) in [6.07, 6.45) is 0. The summed E-state index contributed by atoms with van der Waals surface area (Å²) >= 11 is 1.98. The minimum Gasteiger partial charge on any atom is -0.311 e. The molecule has 11 aromatic rings. The standard InChI is InChI=1S/C76H75BN2S/c1-72(2,3)49-29-33-54(34-30-49)78-66-25-20-26-67-69(66)77(71-70(78)62-45-51(74(7,8)9)32-38-68(62)80-71)63-42-46(48-39-52(75(10,11)12)43-53(40-48)76(13,14)15)28-36-65(63)79(67)64-37-31-50(73(4,5)6)44-60(64)47-27-35-59-57-23-17-16-21-55(57)56-22-18-19-24-58(56)61(59)41-47/h16-45H,1-15H3. The lowest BCUT2D eigenvalue weighted by Crippen LogP contribution is -2.60. The Morgan fingerprint density at radius 1 is 0.325 bits per heavy atom. The van der Waals surface area contributed by atoms with Crippen molar-refractivity contribution in [2.24, 2.45) is 0 Å². The highest BCUT2D eigenvalue weighted by molar-refractivity contribution is 7.33. The third-order valence-electron chi connectivity index (χ3n) is 17.6. The lowest BCUT2D eigenvalue weighted by atomic mass is 9.36. The lowest BCUT2D eigenvalue weighted by molar-refractivity contribution is 0.569. The van der Waals surface area contributed by atoms with Crippen LogP contribution in [0.15, 0.2) is 182 Å². The van der Waals surface area contributed by atoms with Gasteiger partial charge in [-0.3, -0.25) is 0 Å². The Morgan fingerprint density at radius 2 is 0.825 bits per heavy atom. The molecule has 0 saturated heterocycles. The van der Waals surface area contributed by atoms with Gasteiger partial charge < -0.3 is 9.80 Å². The molecule has 0 aliphatic carbocycles. The zero-order chi connectivity index (χ0) is 56.2. The van der Waals surface area contributed by atoms with E-state index in [1.807, 2.05) is 11.3 Å². The van der Waals surface area contributed by atoms with Crippen molar-refractivity contribution >= 4 is 110 Å². The SMILES string of the molecule is CC(C)(C)c1ccc(N2c3cccc4c3B(c3cc(-c5cc(C(C)(C)C)cc(C(C)(C)C)c5)ccc3N4c3ccc(C(C)(C)C)cc3-c3ccc4c5ccccc5c5ccccc5c4c3)c3sc4ccc(C(C)(C)C)cc4c32)cc1. The van der Waals surface area contributed by atoms with Gasteiger partial charge in [-0.25, -0.2) is 0 Å². The van der Waals surface area contributed by atoms with Gasteiger partial charge in [-0.1, -0.05) is 225 Å². The van der Waals surface area contributed by atoms with Gasteiger partial charge in [0.2, 0.25) is 0 Å². The molecule has 0 radical (unpaired) electrons. The summed E-state index contributed by atoms with van der Waals surface area (Å²) in [7, 11) is 0. The van der Waals surface area contributed by atoms with Gasteiger partial charge in [0, 0.05) is 43.2 Å². The number of rotatable bonds is 4. The van der Waals surface area contributed by atoms with Crippen LogP contribution in [0.25, 0.3) is 64.7 Å². The summed E-state index contributed by atoms with van der Waals surface area (Å²) in [6, 6.07) is 71.2. The number of fused-ring (bicyclic) bond motifs is 12. The second-order valence-electron chi connectivity index (χ2n) is 28.3. The third kappa shape index (κ3) is 8.50. The molecule has 0 spiro atoms. The van der Waals surface area contributed by atoms with Crippen molar-refractivity contribution in [1.82, 2.24) is 0 Å². The van der Waals surface area contributed by atoms with E-state index in [1.165, 1.54) is 142 Å². The molecule has 0 amide bonds. The normalized spacial score (nSPS) is 13.9. The summed E-state index contributed by atoms with van der Waals surface area (Å²) in [6.45, 7) is 35.1. The van der Waals surface area contributed by atoms with Crippen molar-refractivity contribution in [1.29, 1.82) is 0 Å². The molecule has 3 heterocycles. The number of hydrogen-bond donors (Lipinski definition) is 0. The predicted molar refractivity (Wildman–Crippen MR) is 353 cm³/mol. The Labute approximate surface area is 480 Å². The summed E-state index contributed by atoms with van der Waals surface area (Å²) < 4.78 is 2.71. The van der Waals surface area contributed by atoms with E-state index in [0.717, 1.165) is 0 Å². The minimum absolute atomic E-state index is 0.0194. The Hall–Kier alpha value is -7.40. The van der Waals surface area contributed by atoms with E-state index in [4.69, 9.17) is 0 Å². The molecule has 0 unspecified atom stereocenters. The maximum Gasteiger partial charge on any atom is 0.264 e. The average Bonchev–Trinajstić information content (AvgIpc) is 3.89. The molecule has 4 heteroatoms. The number of hydrogen-bond acceptors (Lipinski definition) is 3. The molecule has 1 aromatic heterocycles. The van der Waals surface area contributed by atoms with Crippen LogP contribution in [0.2, 0.25) is 0 Å². The average molecular weight is 1060 g/mol. The second-order valence-corrected chi connectivity index (χ2v) is 29.4. The first kappa shape index (κ1) is 52.0. The fourth-order valence-electron chi connectivity index (χ4n) is 12.9. The minimum atomic E-state index is -0.0836. The monoisotopic (exact) mass is 1060 g/mol. The fraction of sp³-hybridized carbons (Fsp3) is 0.263. The van der Waals surface area contributed by atoms with Gasteiger partial charge in [0.25, 0.3) is 6.71 Å². The van der Waals surface area contributed by atoms with E-state index in [0.29, 0.717) is 0 Å². The first-order chi connectivity index (χ1) is 37.8. The summed E-state index contributed by atoms with van der Waals surface area (Å²) in [5.74, 6) is 0. The van der Waals surface area contributed by atoms with Crippen LogP contribution in [0.3, 0.4) is 0 Å². The van der Waals surface area contributed by atoms with Crippen LogP contribution in [-0.2, 0) is 27.1 Å². The van der Waals surface area contributed by atoms with Crippen LogP contribution in [0, 0.1) is 0 Å². The van der Waals surface area contributed by atoms with Crippen LogP contribution in [0.1, 0.15) is 132 Å². The zero-order valence-electron chi connectivity index (χ0n) is 49.7. The van der Waals surface area contributed by atoms with Crippen molar-refractivity contribution in [2.45, 2.75) is 131 Å². The van der Waals surface area contributed by atoms with Crippen LogP contribution in [-0.4, -0.2) is 6.71 Å². The maximum atomic E-state index is 2.64. The molecule has 0 saturated carbocycles. The first-order valence-electron chi connectivity index (χ1n) is 29.0.